The number of halogens is 6. The second-order valence-corrected chi connectivity index (χ2v) is 11.5. The molecule has 0 unspecified atom stereocenters. The summed E-state index contributed by atoms with van der Waals surface area (Å²) in [5.74, 6) is -0.319. The number of aromatic nitrogens is 4. The van der Waals surface area contributed by atoms with Crippen LogP contribution < -0.4 is 9.46 Å². The van der Waals surface area contributed by atoms with Crippen LogP contribution in [0.5, 0.6) is 5.88 Å². The number of fused-ring (bicyclic) bond motifs is 1. The SMILES string of the molecule is O=S(=O)(N[C@H]1CCC[C@@H](n2cnnc2)C1)c1cc(-c2ccc3ccc(OCC(F)(F)F)nc3c2)cc(C(F)(F)F)c1. The zero-order chi connectivity index (χ0) is 29.4. The normalized spacial score (nSPS) is 18.5. The number of hydrogen-bond acceptors (Lipinski definition) is 6. The van der Waals surface area contributed by atoms with E-state index in [9.17, 15) is 34.8 Å². The van der Waals surface area contributed by atoms with Crippen LogP contribution in [0.1, 0.15) is 37.3 Å². The van der Waals surface area contributed by atoms with E-state index in [1.54, 1.807) is 4.57 Å². The minimum absolute atomic E-state index is 0.0568. The van der Waals surface area contributed by atoms with Gasteiger partial charge in [-0.1, -0.05) is 12.1 Å². The van der Waals surface area contributed by atoms with Crippen LogP contribution >= 0.6 is 0 Å². The Bertz CT molecular complexity index is 1640. The van der Waals surface area contributed by atoms with E-state index >= 15 is 0 Å². The first kappa shape index (κ1) is 28.8. The van der Waals surface area contributed by atoms with Crippen molar-refractivity contribution in [3.8, 4) is 17.0 Å². The smallest absolute Gasteiger partial charge is 0.422 e. The summed E-state index contributed by atoms with van der Waals surface area (Å²) in [5.41, 5.74) is -0.886. The summed E-state index contributed by atoms with van der Waals surface area (Å²) in [6.45, 7) is -1.56. The maximum atomic E-state index is 13.9. The average Bonchev–Trinajstić information content (AvgIpc) is 3.45. The third-order valence-corrected chi connectivity index (χ3v) is 8.25. The highest BCUT2D eigenvalue weighted by atomic mass is 32.2. The molecule has 0 spiro atoms. The van der Waals surface area contributed by atoms with E-state index in [1.165, 1.54) is 43.0 Å². The third kappa shape index (κ3) is 6.96. The van der Waals surface area contributed by atoms with Crippen LogP contribution in [0.25, 0.3) is 22.0 Å². The van der Waals surface area contributed by atoms with Crippen molar-refractivity contribution in [1.82, 2.24) is 24.5 Å². The van der Waals surface area contributed by atoms with Gasteiger partial charge in [-0.3, -0.25) is 0 Å². The van der Waals surface area contributed by atoms with Crippen molar-refractivity contribution in [3.05, 3.63) is 66.7 Å². The summed E-state index contributed by atoms with van der Waals surface area (Å²) in [4.78, 5) is 3.46. The summed E-state index contributed by atoms with van der Waals surface area (Å²) < 4.78 is 115. The van der Waals surface area contributed by atoms with Crippen LogP contribution in [-0.4, -0.2) is 47.0 Å². The Kier molecular flexibility index (Phi) is 7.68. The number of benzene rings is 2. The van der Waals surface area contributed by atoms with Crippen LogP contribution in [0, 0.1) is 0 Å². The molecule has 0 aliphatic heterocycles. The molecule has 2 aromatic heterocycles. The van der Waals surface area contributed by atoms with Crippen molar-refractivity contribution >= 4 is 20.9 Å². The molecule has 0 radical (unpaired) electrons. The zero-order valence-electron chi connectivity index (χ0n) is 21.2. The number of nitrogens with one attached hydrogen (secondary N) is 1. The van der Waals surface area contributed by atoms with Crippen LogP contribution in [-0.2, 0) is 16.2 Å². The summed E-state index contributed by atoms with van der Waals surface area (Å²) >= 11 is 0. The van der Waals surface area contributed by atoms with Crippen molar-refractivity contribution in [2.75, 3.05) is 6.61 Å². The van der Waals surface area contributed by atoms with Gasteiger partial charge in [0.2, 0.25) is 15.9 Å². The standard InChI is InChI=1S/C26H23F6N5O3S/c27-25(28,29)13-40-24-7-6-16-4-5-17(10-23(16)35-24)18-8-19(26(30,31)32)11-22(9-18)41(38,39)36-20-2-1-3-21(12-20)37-14-33-34-15-37/h4-11,14-15,20-21,36H,1-3,12-13H2/t20-,21+/m0/s1. The maximum absolute atomic E-state index is 13.9. The van der Waals surface area contributed by atoms with Crippen molar-refractivity contribution in [2.45, 2.75) is 55.0 Å². The number of hydrogen-bond donors (Lipinski definition) is 1. The molecule has 2 atom stereocenters. The number of nitrogens with zero attached hydrogens (tertiary/aromatic N) is 4. The summed E-state index contributed by atoms with van der Waals surface area (Å²) in [7, 11) is -4.37. The summed E-state index contributed by atoms with van der Waals surface area (Å²) in [5, 5.41) is 8.03. The Labute approximate surface area is 230 Å². The molecule has 2 aromatic carbocycles. The lowest BCUT2D eigenvalue weighted by atomic mass is 9.91. The van der Waals surface area contributed by atoms with Gasteiger partial charge in [0, 0.05) is 23.5 Å². The molecule has 0 bridgehead atoms. The van der Waals surface area contributed by atoms with E-state index in [-0.39, 0.29) is 28.6 Å². The molecule has 4 aromatic rings. The molecule has 8 nitrogen and oxygen atoms in total. The Morgan fingerprint density at radius 3 is 2.37 bits per heavy atom. The van der Waals surface area contributed by atoms with Crippen LogP contribution in [0.3, 0.4) is 0 Å². The van der Waals surface area contributed by atoms with Gasteiger partial charge in [-0.2, -0.15) is 26.3 Å². The Morgan fingerprint density at radius 1 is 0.927 bits per heavy atom. The molecular weight excluding hydrogens is 576 g/mol. The molecule has 1 aliphatic carbocycles. The van der Waals surface area contributed by atoms with Crippen molar-refractivity contribution in [3.63, 3.8) is 0 Å². The van der Waals surface area contributed by atoms with E-state index in [1.807, 2.05) is 0 Å². The lowest BCUT2D eigenvalue weighted by Crippen LogP contribution is -2.38. The number of sulfonamides is 1. The minimum Gasteiger partial charge on any atom is -0.468 e. The highest BCUT2D eigenvalue weighted by Gasteiger charge is 2.34. The molecule has 41 heavy (non-hydrogen) atoms. The molecule has 218 valence electrons. The first-order valence-electron chi connectivity index (χ1n) is 12.5. The molecule has 0 saturated heterocycles. The van der Waals surface area contributed by atoms with Crippen LogP contribution in [0.2, 0.25) is 0 Å². The van der Waals surface area contributed by atoms with E-state index in [2.05, 4.69) is 24.6 Å². The predicted octanol–water partition coefficient (Wildman–Crippen LogP) is 5.92. The molecule has 1 N–H and O–H groups in total. The van der Waals surface area contributed by atoms with Gasteiger partial charge in [0.25, 0.3) is 0 Å². The first-order valence-corrected chi connectivity index (χ1v) is 13.9. The summed E-state index contributed by atoms with van der Waals surface area (Å²) in [6.07, 6.45) is -3.96. The van der Waals surface area contributed by atoms with Crippen LogP contribution in [0.15, 0.2) is 66.1 Å². The van der Waals surface area contributed by atoms with Gasteiger partial charge >= 0.3 is 12.4 Å². The molecule has 2 heterocycles. The van der Waals surface area contributed by atoms with Gasteiger partial charge in [-0.25, -0.2) is 18.1 Å². The highest BCUT2D eigenvalue weighted by molar-refractivity contribution is 7.89. The third-order valence-electron chi connectivity index (χ3n) is 6.75. The van der Waals surface area contributed by atoms with Gasteiger partial charge in [-0.15, -0.1) is 10.2 Å². The van der Waals surface area contributed by atoms with Crippen molar-refractivity contribution in [2.24, 2.45) is 0 Å². The van der Waals surface area contributed by atoms with E-state index in [0.29, 0.717) is 30.7 Å². The fourth-order valence-electron chi connectivity index (χ4n) is 4.83. The molecule has 0 amide bonds. The second kappa shape index (κ2) is 10.9. The van der Waals surface area contributed by atoms with Gasteiger partial charge in [0.1, 0.15) is 12.7 Å². The first-order chi connectivity index (χ1) is 19.3. The van der Waals surface area contributed by atoms with Gasteiger partial charge in [-0.05, 0) is 67.1 Å². The van der Waals surface area contributed by atoms with Crippen LogP contribution in [0.4, 0.5) is 26.3 Å². The van der Waals surface area contributed by atoms with Gasteiger partial charge in [0.05, 0.1) is 16.0 Å². The molecular formula is C26H23F6N5O3S. The Morgan fingerprint density at radius 2 is 1.66 bits per heavy atom. The molecule has 1 saturated carbocycles. The van der Waals surface area contributed by atoms with Gasteiger partial charge in [0.15, 0.2) is 6.61 Å². The Hall–Kier alpha value is -3.72. The highest BCUT2D eigenvalue weighted by Crippen LogP contribution is 2.36. The van der Waals surface area contributed by atoms with E-state index in [0.717, 1.165) is 18.6 Å². The molecule has 1 fully saturated rings. The van der Waals surface area contributed by atoms with Gasteiger partial charge < -0.3 is 9.30 Å². The van der Waals surface area contributed by atoms with E-state index in [4.69, 9.17) is 0 Å². The Balaban J connectivity index is 1.46. The quantitative estimate of drug-likeness (QED) is 0.265. The maximum Gasteiger partial charge on any atom is 0.422 e. The summed E-state index contributed by atoms with van der Waals surface area (Å²) in [6, 6.07) is 9.01. The average molecular weight is 600 g/mol. The van der Waals surface area contributed by atoms with E-state index < -0.39 is 45.5 Å². The molecule has 1 aliphatic rings. The lowest BCUT2D eigenvalue weighted by Gasteiger charge is -2.30. The monoisotopic (exact) mass is 599 g/mol. The lowest BCUT2D eigenvalue weighted by molar-refractivity contribution is -0.154. The minimum atomic E-state index is -4.85. The fourth-order valence-corrected chi connectivity index (χ4v) is 6.18. The number of rotatable bonds is 7. The van der Waals surface area contributed by atoms with Crippen molar-refractivity contribution < 1.29 is 39.5 Å². The largest absolute Gasteiger partial charge is 0.468 e. The second-order valence-electron chi connectivity index (χ2n) is 9.75. The zero-order valence-corrected chi connectivity index (χ0v) is 22.0. The number of alkyl halides is 6. The molecule has 5 rings (SSSR count). The number of ether oxygens (including phenoxy) is 1. The number of pyridine rings is 1. The fraction of sp³-hybridized carbons (Fsp3) is 0.346. The molecule has 15 heteroatoms. The predicted molar refractivity (Wildman–Crippen MR) is 135 cm³/mol. The topological polar surface area (TPSA) is 99.0 Å². The van der Waals surface area contributed by atoms with Crippen molar-refractivity contribution in [1.29, 1.82) is 0 Å².